The number of sulfonamides is 1. The Labute approximate surface area is 171 Å². The van der Waals surface area contributed by atoms with Crippen LogP contribution in [0.25, 0.3) is 0 Å². The van der Waals surface area contributed by atoms with Crippen LogP contribution < -0.4 is 14.4 Å². The molecule has 1 aliphatic heterocycles. The predicted molar refractivity (Wildman–Crippen MR) is 113 cm³/mol. The van der Waals surface area contributed by atoms with Gasteiger partial charge >= 0.3 is 0 Å². The topological polar surface area (TPSA) is 79.0 Å². The van der Waals surface area contributed by atoms with E-state index < -0.39 is 10.0 Å². The number of nitrogens with one attached hydrogen (secondary N) is 1. The molecular weight excluding hydrogens is 390 g/mol. The van der Waals surface area contributed by atoms with E-state index in [1.165, 1.54) is 18.2 Å². The van der Waals surface area contributed by atoms with Crippen molar-refractivity contribution in [2.24, 2.45) is 0 Å². The number of carbonyl (C=O) groups excluding carboxylic acids is 1. The smallest absolute Gasteiger partial charge is 0.254 e. The van der Waals surface area contributed by atoms with Crippen LogP contribution in [0.15, 0.2) is 66.1 Å². The van der Waals surface area contributed by atoms with Gasteiger partial charge in [-0.3, -0.25) is 4.79 Å². The molecule has 0 aromatic heterocycles. The summed E-state index contributed by atoms with van der Waals surface area (Å²) in [5, 5.41) is 0. The molecule has 0 atom stereocenters. The van der Waals surface area contributed by atoms with Gasteiger partial charge in [-0.1, -0.05) is 24.3 Å². The normalized spacial score (nSPS) is 14.5. The Hall–Kier alpha value is -2.84. The number of carbonyl (C=O) groups is 1. The fourth-order valence-electron chi connectivity index (χ4n) is 3.27. The lowest BCUT2D eigenvalue weighted by molar-refractivity contribution is 0.0746. The van der Waals surface area contributed by atoms with Crippen LogP contribution in [0.3, 0.4) is 0 Å². The Morgan fingerprint density at radius 2 is 1.86 bits per heavy atom. The summed E-state index contributed by atoms with van der Waals surface area (Å²) in [5.41, 5.74) is 1.36. The summed E-state index contributed by atoms with van der Waals surface area (Å²) in [6.07, 6.45) is 1.47. The first-order valence-electron chi connectivity index (χ1n) is 9.34. The number of hydrogen-bond acceptors (Lipinski definition) is 5. The summed E-state index contributed by atoms with van der Waals surface area (Å²) >= 11 is 0. The molecule has 2 aromatic rings. The minimum Gasteiger partial charge on any atom is -0.495 e. The Kier molecular flexibility index (Phi) is 6.56. The van der Waals surface area contributed by atoms with Crippen LogP contribution >= 0.6 is 0 Å². The molecule has 0 bridgehead atoms. The number of ether oxygens (including phenoxy) is 1. The number of benzene rings is 2. The quantitative estimate of drug-likeness (QED) is 0.701. The zero-order chi connectivity index (χ0) is 20.9. The van der Waals surface area contributed by atoms with Crippen molar-refractivity contribution in [1.82, 2.24) is 9.62 Å². The molecule has 1 N–H and O–H groups in total. The third-order valence-electron chi connectivity index (χ3n) is 4.80. The van der Waals surface area contributed by atoms with Crippen molar-refractivity contribution in [1.29, 1.82) is 0 Å². The van der Waals surface area contributed by atoms with Crippen LogP contribution in [0.5, 0.6) is 5.75 Å². The van der Waals surface area contributed by atoms with Crippen molar-refractivity contribution in [3.8, 4) is 5.75 Å². The molecule has 1 saturated heterocycles. The Morgan fingerprint density at radius 1 is 1.14 bits per heavy atom. The fraction of sp³-hybridized carbons (Fsp3) is 0.286. The van der Waals surface area contributed by atoms with Gasteiger partial charge in [-0.2, -0.15) is 0 Å². The van der Waals surface area contributed by atoms with Crippen LogP contribution in [0.2, 0.25) is 0 Å². The minimum atomic E-state index is -3.68. The zero-order valence-electron chi connectivity index (χ0n) is 16.4. The van der Waals surface area contributed by atoms with E-state index in [0.717, 1.165) is 11.4 Å². The number of rotatable bonds is 7. The van der Waals surface area contributed by atoms with E-state index in [0.29, 0.717) is 31.7 Å². The number of anilines is 1. The van der Waals surface area contributed by atoms with E-state index in [-0.39, 0.29) is 17.3 Å². The molecule has 0 aliphatic carbocycles. The van der Waals surface area contributed by atoms with E-state index in [1.54, 1.807) is 24.1 Å². The van der Waals surface area contributed by atoms with Gasteiger partial charge in [0.2, 0.25) is 10.0 Å². The molecule has 1 aliphatic rings. The molecule has 0 saturated carbocycles. The Bertz CT molecular complexity index is 983. The maximum absolute atomic E-state index is 12.9. The first-order chi connectivity index (χ1) is 14.0. The van der Waals surface area contributed by atoms with E-state index in [1.807, 2.05) is 24.3 Å². The molecule has 0 unspecified atom stereocenters. The van der Waals surface area contributed by atoms with Crippen molar-refractivity contribution in [2.45, 2.75) is 4.90 Å². The average Bonchev–Trinajstić information content (AvgIpc) is 2.77. The highest BCUT2D eigenvalue weighted by molar-refractivity contribution is 7.89. The molecule has 154 valence electrons. The van der Waals surface area contributed by atoms with Gasteiger partial charge in [0.25, 0.3) is 5.91 Å². The first kappa shape index (κ1) is 20.9. The second-order valence-corrected chi connectivity index (χ2v) is 8.39. The summed E-state index contributed by atoms with van der Waals surface area (Å²) in [7, 11) is -2.03. The maximum Gasteiger partial charge on any atom is 0.254 e. The molecule has 3 rings (SSSR count). The summed E-state index contributed by atoms with van der Waals surface area (Å²) in [4.78, 5) is 16.9. The van der Waals surface area contributed by atoms with E-state index in [2.05, 4.69) is 16.2 Å². The summed E-state index contributed by atoms with van der Waals surface area (Å²) in [5.74, 6) is 0.627. The Morgan fingerprint density at radius 3 is 2.55 bits per heavy atom. The molecule has 0 radical (unpaired) electrons. The molecule has 1 amide bonds. The molecule has 1 fully saturated rings. The van der Waals surface area contributed by atoms with Crippen molar-refractivity contribution in [2.75, 3.05) is 44.7 Å². The third-order valence-corrected chi connectivity index (χ3v) is 6.22. The molecule has 7 nitrogen and oxygen atoms in total. The first-order valence-corrected chi connectivity index (χ1v) is 10.8. The average molecular weight is 416 g/mol. The highest BCUT2D eigenvalue weighted by Gasteiger charge is 2.24. The minimum absolute atomic E-state index is 0.0675. The number of piperazine rings is 1. The van der Waals surface area contributed by atoms with E-state index in [4.69, 9.17) is 4.74 Å². The lowest BCUT2D eigenvalue weighted by Crippen LogP contribution is -2.48. The monoisotopic (exact) mass is 415 g/mol. The van der Waals surface area contributed by atoms with Crippen molar-refractivity contribution in [3.05, 3.63) is 66.7 Å². The second-order valence-electron chi connectivity index (χ2n) is 6.62. The highest BCUT2D eigenvalue weighted by Crippen LogP contribution is 2.28. The van der Waals surface area contributed by atoms with Gasteiger partial charge < -0.3 is 14.5 Å². The zero-order valence-corrected chi connectivity index (χ0v) is 17.2. The van der Waals surface area contributed by atoms with Gasteiger partial charge in [0.15, 0.2) is 0 Å². The van der Waals surface area contributed by atoms with Gasteiger partial charge in [-0.05, 0) is 30.3 Å². The van der Waals surface area contributed by atoms with E-state index in [9.17, 15) is 13.2 Å². The number of para-hydroxylation sites is 2. The predicted octanol–water partition coefficient (Wildman–Crippen LogP) is 2.12. The van der Waals surface area contributed by atoms with Crippen molar-refractivity contribution in [3.63, 3.8) is 0 Å². The number of amides is 1. The maximum atomic E-state index is 12.9. The van der Waals surface area contributed by atoms with Gasteiger partial charge in [0, 0.05) is 38.3 Å². The van der Waals surface area contributed by atoms with Crippen LogP contribution in [0.1, 0.15) is 10.4 Å². The van der Waals surface area contributed by atoms with Crippen LogP contribution in [-0.2, 0) is 10.0 Å². The molecule has 8 heteroatoms. The van der Waals surface area contributed by atoms with Crippen molar-refractivity contribution >= 4 is 21.6 Å². The van der Waals surface area contributed by atoms with Gasteiger partial charge in [-0.15, -0.1) is 6.58 Å². The lowest BCUT2D eigenvalue weighted by atomic mass is 10.1. The SMILES string of the molecule is C=CCNS(=O)(=O)c1cccc(C(=O)N2CCN(c3ccccc3OC)CC2)c1. The lowest BCUT2D eigenvalue weighted by Gasteiger charge is -2.36. The molecule has 2 aromatic carbocycles. The molecular formula is C21H25N3O4S. The number of nitrogens with zero attached hydrogens (tertiary/aromatic N) is 2. The van der Waals surface area contributed by atoms with Gasteiger partial charge in [0.05, 0.1) is 17.7 Å². The van der Waals surface area contributed by atoms with Gasteiger partial charge in [-0.25, -0.2) is 13.1 Å². The fourth-order valence-corrected chi connectivity index (χ4v) is 4.32. The number of hydrogen-bond donors (Lipinski definition) is 1. The summed E-state index contributed by atoms with van der Waals surface area (Å²) in [6, 6.07) is 13.9. The van der Waals surface area contributed by atoms with Gasteiger partial charge in [0.1, 0.15) is 5.75 Å². The third kappa shape index (κ3) is 4.78. The van der Waals surface area contributed by atoms with Crippen molar-refractivity contribution < 1.29 is 17.9 Å². The highest BCUT2D eigenvalue weighted by atomic mass is 32.2. The number of methoxy groups -OCH3 is 1. The molecule has 1 heterocycles. The molecule has 0 spiro atoms. The summed E-state index contributed by atoms with van der Waals surface area (Å²) < 4.78 is 32.4. The van der Waals surface area contributed by atoms with Crippen LogP contribution in [0, 0.1) is 0 Å². The second kappa shape index (κ2) is 9.11. The van der Waals surface area contributed by atoms with Crippen LogP contribution in [0.4, 0.5) is 5.69 Å². The largest absolute Gasteiger partial charge is 0.495 e. The molecule has 29 heavy (non-hydrogen) atoms. The Balaban J connectivity index is 1.70. The van der Waals surface area contributed by atoms with Crippen LogP contribution in [-0.4, -0.2) is 59.1 Å². The summed E-state index contributed by atoms with van der Waals surface area (Å²) in [6.45, 7) is 6.07. The standard InChI is InChI=1S/C21H25N3O4S/c1-3-11-22-29(26,27)18-8-6-7-17(16-18)21(25)24-14-12-23(13-15-24)19-9-4-5-10-20(19)28-2/h3-10,16,22H,1,11-15H2,2H3. The van der Waals surface area contributed by atoms with E-state index >= 15 is 0 Å².